The molecule has 124 valence electrons. The van der Waals surface area contributed by atoms with E-state index in [2.05, 4.69) is 35.9 Å². The van der Waals surface area contributed by atoms with Crippen LogP contribution in [-0.2, 0) is 46.7 Å². The molecule has 0 saturated heterocycles. The monoisotopic (exact) mass is 519 g/mol. The maximum Gasteiger partial charge on any atom is 2.00 e. The van der Waals surface area contributed by atoms with E-state index in [4.69, 9.17) is 0 Å². The SMILES string of the molecule is CCc1ncccc1CCCc1cccnc1CC.[Cl-].[Cl-].[Pt+2]. The molecule has 0 bridgehead atoms. The molecule has 0 aliphatic heterocycles. The Bertz CT molecular complexity index is 488. The summed E-state index contributed by atoms with van der Waals surface area (Å²) in [6, 6.07) is 8.48. The van der Waals surface area contributed by atoms with Crippen LogP contribution in [0.2, 0.25) is 0 Å². The number of nitrogens with zero attached hydrogens (tertiary/aromatic N) is 2. The quantitative estimate of drug-likeness (QED) is 0.432. The number of halogens is 2. The first kappa shape index (κ1) is 23.8. The van der Waals surface area contributed by atoms with Crippen molar-refractivity contribution in [1.29, 1.82) is 0 Å². The zero-order valence-corrected chi connectivity index (χ0v) is 16.8. The van der Waals surface area contributed by atoms with Gasteiger partial charge in [-0.1, -0.05) is 26.0 Å². The first-order valence-corrected chi connectivity index (χ1v) is 7.20. The Morgan fingerprint density at radius 1 is 0.773 bits per heavy atom. The van der Waals surface area contributed by atoms with Crippen molar-refractivity contribution in [3.63, 3.8) is 0 Å². The third-order valence-corrected chi connectivity index (χ3v) is 3.53. The van der Waals surface area contributed by atoms with Gasteiger partial charge < -0.3 is 24.8 Å². The largest absolute Gasteiger partial charge is 2.00 e. The van der Waals surface area contributed by atoms with Gasteiger partial charge in [-0.15, -0.1) is 0 Å². The van der Waals surface area contributed by atoms with E-state index in [1.165, 1.54) is 22.5 Å². The predicted octanol–water partition coefficient (Wildman–Crippen LogP) is -2.22. The van der Waals surface area contributed by atoms with Gasteiger partial charge in [0.1, 0.15) is 0 Å². The maximum atomic E-state index is 4.44. The summed E-state index contributed by atoms with van der Waals surface area (Å²) in [5.74, 6) is 0. The fourth-order valence-corrected chi connectivity index (χ4v) is 2.50. The van der Waals surface area contributed by atoms with Gasteiger partial charge in [0.15, 0.2) is 0 Å². The first-order valence-electron chi connectivity index (χ1n) is 7.20. The van der Waals surface area contributed by atoms with Crippen molar-refractivity contribution in [2.24, 2.45) is 0 Å². The van der Waals surface area contributed by atoms with Crippen LogP contribution in [0.25, 0.3) is 0 Å². The van der Waals surface area contributed by atoms with E-state index in [0.717, 1.165) is 32.1 Å². The van der Waals surface area contributed by atoms with Crippen LogP contribution in [0.3, 0.4) is 0 Å². The van der Waals surface area contributed by atoms with Gasteiger partial charge in [-0.05, 0) is 55.4 Å². The Kier molecular flexibility index (Phi) is 14.1. The summed E-state index contributed by atoms with van der Waals surface area (Å²) in [6.07, 6.45) is 9.19. The second-order valence-electron chi connectivity index (χ2n) is 4.78. The van der Waals surface area contributed by atoms with Gasteiger partial charge in [-0.3, -0.25) is 9.97 Å². The van der Waals surface area contributed by atoms with Crippen LogP contribution >= 0.6 is 0 Å². The van der Waals surface area contributed by atoms with Crippen LogP contribution in [0, 0.1) is 0 Å². The molecule has 0 unspecified atom stereocenters. The van der Waals surface area contributed by atoms with E-state index < -0.39 is 0 Å². The van der Waals surface area contributed by atoms with Gasteiger partial charge in [0, 0.05) is 23.8 Å². The standard InChI is InChI=1S/C17H22N2.2ClH.Pt/c1-3-16-14(10-6-12-18-16)8-5-9-15-11-7-13-19-17(15)4-2;;;/h6-7,10-13H,3-5,8-9H2,1-2H3;2*1H;/q;;;+2/p-2. The van der Waals surface area contributed by atoms with Gasteiger partial charge in [-0.2, -0.15) is 0 Å². The van der Waals surface area contributed by atoms with E-state index >= 15 is 0 Å². The van der Waals surface area contributed by atoms with Gasteiger partial charge in [0.25, 0.3) is 0 Å². The predicted molar refractivity (Wildman–Crippen MR) is 79.3 cm³/mol. The normalized spacial score (nSPS) is 9.18. The Hall–Kier alpha value is -0.432. The number of hydrogen-bond donors (Lipinski definition) is 0. The minimum absolute atomic E-state index is 0. The van der Waals surface area contributed by atoms with Crippen molar-refractivity contribution >= 4 is 0 Å². The van der Waals surface area contributed by atoms with E-state index in [1.54, 1.807) is 0 Å². The van der Waals surface area contributed by atoms with E-state index in [-0.39, 0.29) is 45.9 Å². The van der Waals surface area contributed by atoms with Crippen LogP contribution in [0.15, 0.2) is 36.7 Å². The minimum Gasteiger partial charge on any atom is -1.00 e. The van der Waals surface area contributed by atoms with E-state index in [9.17, 15) is 0 Å². The molecule has 2 rings (SSSR count). The van der Waals surface area contributed by atoms with Crippen molar-refractivity contribution in [3.05, 3.63) is 59.2 Å². The fourth-order valence-electron chi connectivity index (χ4n) is 2.50. The average Bonchev–Trinajstić information content (AvgIpc) is 2.48. The molecule has 0 aliphatic rings. The van der Waals surface area contributed by atoms with Gasteiger partial charge in [-0.25, -0.2) is 0 Å². The molecule has 0 spiro atoms. The third-order valence-electron chi connectivity index (χ3n) is 3.53. The van der Waals surface area contributed by atoms with Crippen molar-refractivity contribution in [2.45, 2.75) is 46.0 Å². The summed E-state index contributed by atoms with van der Waals surface area (Å²) in [6.45, 7) is 4.34. The van der Waals surface area contributed by atoms with Crippen LogP contribution < -0.4 is 24.8 Å². The zero-order chi connectivity index (χ0) is 13.5. The minimum atomic E-state index is 0. The summed E-state index contributed by atoms with van der Waals surface area (Å²) < 4.78 is 0. The third kappa shape index (κ3) is 6.77. The molecular weight excluding hydrogens is 498 g/mol. The molecule has 22 heavy (non-hydrogen) atoms. The Labute approximate surface area is 160 Å². The summed E-state index contributed by atoms with van der Waals surface area (Å²) in [4.78, 5) is 8.89. The first-order chi connectivity index (χ1) is 9.35. The Morgan fingerprint density at radius 3 is 1.55 bits per heavy atom. The molecular formula is C17H22Cl2N2Pt. The van der Waals surface area contributed by atoms with Crippen molar-refractivity contribution < 1.29 is 45.9 Å². The number of hydrogen-bond acceptors (Lipinski definition) is 2. The summed E-state index contributed by atoms with van der Waals surface area (Å²) in [5.41, 5.74) is 5.27. The molecule has 0 saturated carbocycles. The summed E-state index contributed by atoms with van der Waals surface area (Å²) in [5, 5.41) is 0. The average molecular weight is 520 g/mol. The molecule has 0 aliphatic carbocycles. The number of aryl methyl sites for hydroxylation is 4. The molecule has 2 aromatic heterocycles. The second kappa shape index (κ2) is 13.0. The molecule has 0 radical (unpaired) electrons. The molecule has 2 nitrogen and oxygen atoms in total. The molecule has 2 aromatic rings. The Balaban J connectivity index is 0. The molecule has 0 N–H and O–H groups in total. The van der Waals surface area contributed by atoms with Crippen molar-refractivity contribution in [2.75, 3.05) is 0 Å². The van der Waals surface area contributed by atoms with Gasteiger partial charge in [0.2, 0.25) is 0 Å². The molecule has 2 heterocycles. The van der Waals surface area contributed by atoms with Crippen LogP contribution in [-0.4, -0.2) is 9.97 Å². The zero-order valence-electron chi connectivity index (χ0n) is 13.0. The number of rotatable bonds is 6. The molecule has 0 fully saturated rings. The van der Waals surface area contributed by atoms with Crippen LogP contribution in [0.4, 0.5) is 0 Å². The molecule has 0 atom stereocenters. The molecule has 0 aromatic carbocycles. The summed E-state index contributed by atoms with van der Waals surface area (Å²) in [7, 11) is 0. The topological polar surface area (TPSA) is 25.8 Å². The van der Waals surface area contributed by atoms with Crippen LogP contribution in [0.5, 0.6) is 0 Å². The molecule has 0 amide bonds. The fraction of sp³-hybridized carbons (Fsp3) is 0.412. The van der Waals surface area contributed by atoms with E-state index in [1.807, 2.05) is 24.5 Å². The number of aromatic nitrogens is 2. The Morgan fingerprint density at radius 2 is 1.18 bits per heavy atom. The maximum absolute atomic E-state index is 4.44. The van der Waals surface area contributed by atoms with E-state index in [0.29, 0.717) is 0 Å². The second-order valence-corrected chi connectivity index (χ2v) is 4.78. The number of pyridine rings is 2. The van der Waals surface area contributed by atoms with Gasteiger partial charge >= 0.3 is 21.1 Å². The smallest absolute Gasteiger partial charge is 1.00 e. The summed E-state index contributed by atoms with van der Waals surface area (Å²) >= 11 is 0. The van der Waals surface area contributed by atoms with Crippen molar-refractivity contribution in [3.8, 4) is 0 Å². The van der Waals surface area contributed by atoms with Crippen LogP contribution in [0.1, 0.15) is 42.8 Å². The molecule has 5 heteroatoms. The van der Waals surface area contributed by atoms with Crippen molar-refractivity contribution in [1.82, 2.24) is 9.97 Å². The van der Waals surface area contributed by atoms with Gasteiger partial charge in [0.05, 0.1) is 0 Å².